The SMILES string of the molecule is C[NH+](C)CCCCCCCCCCCCCCCCCCCC1CO1.[I-]. The Labute approximate surface area is 182 Å². The van der Waals surface area contributed by atoms with Crippen LogP contribution in [-0.2, 0) is 4.74 Å². The van der Waals surface area contributed by atoms with E-state index in [0.29, 0.717) is 6.10 Å². The molecule has 26 heavy (non-hydrogen) atoms. The van der Waals surface area contributed by atoms with E-state index in [1.165, 1.54) is 122 Å². The third kappa shape index (κ3) is 21.0. The molecule has 0 saturated carbocycles. The smallest absolute Gasteiger partial charge is 0.0810 e. The van der Waals surface area contributed by atoms with E-state index in [1.807, 2.05) is 0 Å². The number of rotatable bonds is 20. The molecule has 0 bridgehead atoms. The number of hydrogen-bond acceptors (Lipinski definition) is 1. The molecule has 0 radical (unpaired) electrons. The van der Waals surface area contributed by atoms with Gasteiger partial charge in [0.1, 0.15) is 0 Å². The molecule has 0 aromatic rings. The summed E-state index contributed by atoms with van der Waals surface area (Å²) < 4.78 is 5.25. The van der Waals surface area contributed by atoms with Gasteiger partial charge in [-0.1, -0.05) is 96.3 Å². The number of halogens is 1. The molecule has 1 aliphatic rings. The number of epoxide rings is 1. The number of hydrogen-bond donors (Lipinski definition) is 1. The summed E-state index contributed by atoms with van der Waals surface area (Å²) in [5.41, 5.74) is 0. The lowest BCUT2D eigenvalue weighted by Gasteiger charge is -2.06. The normalized spacial score (nSPS) is 16.0. The maximum atomic E-state index is 5.25. The molecule has 1 fully saturated rings. The molecule has 2 nitrogen and oxygen atoms in total. The minimum Gasteiger partial charge on any atom is -1.00 e. The van der Waals surface area contributed by atoms with Gasteiger partial charge in [-0.2, -0.15) is 0 Å². The number of nitrogens with one attached hydrogen (secondary N) is 1. The fourth-order valence-electron chi connectivity index (χ4n) is 3.74. The van der Waals surface area contributed by atoms with Crippen LogP contribution >= 0.6 is 0 Å². The molecular weight excluding hydrogens is 433 g/mol. The van der Waals surface area contributed by atoms with Gasteiger partial charge in [0.25, 0.3) is 0 Å². The molecule has 1 rings (SSSR count). The van der Waals surface area contributed by atoms with Crippen LogP contribution in [0.4, 0.5) is 0 Å². The first-order chi connectivity index (χ1) is 12.3. The van der Waals surface area contributed by atoms with Crippen LogP contribution in [0.1, 0.15) is 116 Å². The summed E-state index contributed by atoms with van der Waals surface area (Å²) in [6.07, 6.45) is 26.8. The van der Waals surface area contributed by atoms with Crippen molar-refractivity contribution in [1.82, 2.24) is 0 Å². The van der Waals surface area contributed by atoms with E-state index >= 15 is 0 Å². The molecule has 0 spiro atoms. The monoisotopic (exact) mass is 481 g/mol. The number of unbranched alkanes of at least 4 members (excludes halogenated alkanes) is 16. The first-order valence-electron chi connectivity index (χ1n) is 11.7. The minimum absolute atomic E-state index is 0. The van der Waals surface area contributed by atoms with Gasteiger partial charge in [0.15, 0.2) is 0 Å². The first kappa shape index (κ1) is 26.6. The zero-order chi connectivity index (χ0) is 18.0. The summed E-state index contributed by atoms with van der Waals surface area (Å²) in [5.74, 6) is 0. The van der Waals surface area contributed by atoms with Crippen LogP contribution in [0.25, 0.3) is 0 Å². The van der Waals surface area contributed by atoms with Gasteiger partial charge in [-0.3, -0.25) is 0 Å². The second-order valence-corrected chi connectivity index (χ2v) is 8.71. The van der Waals surface area contributed by atoms with Crippen LogP contribution in [-0.4, -0.2) is 33.4 Å². The first-order valence-corrected chi connectivity index (χ1v) is 11.7. The number of ether oxygens (including phenoxy) is 1. The quantitative estimate of drug-likeness (QED) is 0.161. The van der Waals surface area contributed by atoms with Gasteiger partial charge < -0.3 is 33.6 Å². The molecule has 3 heteroatoms. The summed E-state index contributed by atoms with van der Waals surface area (Å²) >= 11 is 0. The minimum atomic E-state index is 0. The van der Waals surface area contributed by atoms with Crippen molar-refractivity contribution < 1.29 is 33.6 Å². The predicted octanol–water partition coefficient (Wildman–Crippen LogP) is 2.56. The highest BCUT2D eigenvalue weighted by Crippen LogP contribution is 2.18. The lowest BCUT2D eigenvalue weighted by Crippen LogP contribution is -3.05. The van der Waals surface area contributed by atoms with Gasteiger partial charge in [0.2, 0.25) is 0 Å². The lowest BCUT2D eigenvalue weighted by molar-refractivity contribution is -0.858. The van der Waals surface area contributed by atoms with Crippen LogP contribution in [0.2, 0.25) is 0 Å². The van der Waals surface area contributed by atoms with Gasteiger partial charge in [-0.25, -0.2) is 0 Å². The van der Waals surface area contributed by atoms with Crippen molar-refractivity contribution in [3.8, 4) is 0 Å². The topological polar surface area (TPSA) is 17.0 Å². The summed E-state index contributed by atoms with van der Waals surface area (Å²) in [7, 11) is 4.51. The van der Waals surface area contributed by atoms with Crippen LogP contribution in [0.5, 0.6) is 0 Å². The van der Waals surface area contributed by atoms with Gasteiger partial charge in [-0.15, -0.1) is 0 Å². The van der Waals surface area contributed by atoms with Gasteiger partial charge in [0, 0.05) is 0 Å². The zero-order valence-corrected chi connectivity index (χ0v) is 20.2. The van der Waals surface area contributed by atoms with Crippen LogP contribution in [0.15, 0.2) is 0 Å². The molecule has 1 heterocycles. The van der Waals surface area contributed by atoms with E-state index in [9.17, 15) is 0 Å². The molecule has 1 aliphatic heterocycles. The Morgan fingerprint density at radius 3 is 1.19 bits per heavy atom. The molecule has 1 saturated heterocycles. The van der Waals surface area contributed by atoms with E-state index in [4.69, 9.17) is 4.74 Å². The fraction of sp³-hybridized carbons (Fsp3) is 1.00. The van der Waals surface area contributed by atoms with Crippen LogP contribution in [0, 0.1) is 0 Å². The Morgan fingerprint density at radius 1 is 0.577 bits per heavy atom. The number of quaternary nitrogens is 1. The van der Waals surface area contributed by atoms with E-state index < -0.39 is 0 Å². The van der Waals surface area contributed by atoms with Crippen molar-refractivity contribution >= 4 is 0 Å². The summed E-state index contributed by atoms with van der Waals surface area (Å²) in [4.78, 5) is 1.60. The van der Waals surface area contributed by atoms with Gasteiger partial charge >= 0.3 is 0 Å². The summed E-state index contributed by atoms with van der Waals surface area (Å²) in [5, 5.41) is 0. The molecule has 0 aromatic carbocycles. The highest BCUT2D eigenvalue weighted by Gasteiger charge is 2.20. The van der Waals surface area contributed by atoms with Crippen molar-refractivity contribution in [2.24, 2.45) is 0 Å². The molecule has 1 atom stereocenters. The lowest BCUT2D eigenvalue weighted by atomic mass is 10.0. The van der Waals surface area contributed by atoms with E-state index in [2.05, 4.69) is 14.1 Å². The zero-order valence-electron chi connectivity index (χ0n) is 18.0. The van der Waals surface area contributed by atoms with Crippen LogP contribution < -0.4 is 28.9 Å². The Balaban J connectivity index is 0.00000625. The Hall–Kier alpha value is 0.650. The summed E-state index contributed by atoms with van der Waals surface area (Å²) in [6.45, 7) is 2.38. The van der Waals surface area contributed by atoms with E-state index in [0.717, 1.165) is 6.61 Å². The molecule has 0 amide bonds. The van der Waals surface area contributed by atoms with E-state index in [1.54, 1.807) is 4.90 Å². The molecule has 1 N–H and O–H groups in total. The predicted molar refractivity (Wildman–Crippen MR) is 111 cm³/mol. The maximum absolute atomic E-state index is 5.25. The van der Waals surface area contributed by atoms with Crippen LogP contribution in [0.3, 0.4) is 0 Å². The Morgan fingerprint density at radius 2 is 0.885 bits per heavy atom. The molecule has 158 valence electrons. The van der Waals surface area contributed by atoms with Crippen molar-refractivity contribution in [3.05, 3.63) is 0 Å². The molecule has 1 unspecified atom stereocenters. The molecular formula is C23H48INO. The van der Waals surface area contributed by atoms with Crippen molar-refractivity contribution in [3.63, 3.8) is 0 Å². The third-order valence-corrected chi connectivity index (χ3v) is 5.61. The Kier molecular flexibility index (Phi) is 20.9. The average molecular weight is 482 g/mol. The molecule has 0 aromatic heterocycles. The van der Waals surface area contributed by atoms with Gasteiger partial charge in [-0.05, 0) is 19.3 Å². The third-order valence-electron chi connectivity index (χ3n) is 5.61. The Bertz CT molecular complexity index is 251. The van der Waals surface area contributed by atoms with Crippen molar-refractivity contribution in [2.45, 2.75) is 122 Å². The highest BCUT2D eigenvalue weighted by molar-refractivity contribution is 4.68. The average Bonchev–Trinajstić information content (AvgIpc) is 3.41. The van der Waals surface area contributed by atoms with Crippen molar-refractivity contribution in [1.29, 1.82) is 0 Å². The second kappa shape index (κ2) is 20.4. The van der Waals surface area contributed by atoms with Gasteiger partial charge in [0.05, 0.1) is 33.4 Å². The second-order valence-electron chi connectivity index (χ2n) is 8.71. The highest BCUT2D eigenvalue weighted by atomic mass is 127. The largest absolute Gasteiger partial charge is 1.00 e. The standard InChI is InChI=1S/C23H47NO.HI/c1-24(2)21-19-17-15-13-11-9-7-5-3-4-6-8-10-12-14-16-18-20-23-22-25-23;/h23H,3-22H2,1-2H3;1H. The van der Waals surface area contributed by atoms with E-state index in [-0.39, 0.29) is 24.0 Å². The maximum Gasteiger partial charge on any atom is 0.0810 e. The fourth-order valence-corrected chi connectivity index (χ4v) is 3.74. The molecule has 0 aliphatic carbocycles. The van der Waals surface area contributed by atoms with Crippen molar-refractivity contribution in [2.75, 3.05) is 27.2 Å². The summed E-state index contributed by atoms with van der Waals surface area (Å²) in [6, 6.07) is 0.